The van der Waals surface area contributed by atoms with Crippen LogP contribution in [0.4, 0.5) is 0 Å². The summed E-state index contributed by atoms with van der Waals surface area (Å²) >= 11 is 0. The minimum Gasteiger partial charge on any atom is -0.354 e. The molecule has 1 aromatic rings. The highest BCUT2D eigenvalue weighted by atomic mass is 32.2. The lowest BCUT2D eigenvalue weighted by atomic mass is 9.89. The van der Waals surface area contributed by atoms with Crippen LogP contribution in [0.3, 0.4) is 0 Å². The molecule has 1 atom stereocenters. The predicted octanol–water partition coefficient (Wildman–Crippen LogP) is 2.84. The molecule has 0 aromatic heterocycles. The van der Waals surface area contributed by atoms with E-state index in [0.29, 0.717) is 25.4 Å². The third-order valence-corrected chi connectivity index (χ3v) is 7.35. The number of rotatable bonds is 5. The fourth-order valence-electron chi connectivity index (χ4n) is 3.89. The smallest absolute Gasteiger partial charge is 0.243 e. The van der Waals surface area contributed by atoms with E-state index in [2.05, 4.69) is 5.32 Å². The molecule has 0 bridgehead atoms. The van der Waals surface area contributed by atoms with E-state index < -0.39 is 16.1 Å². The lowest BCUT2D eigenvalue weighted by Crippen LogP contribution is -2.47. The van der Waals surface area contributed by atoms with Gasteiger partial charge in [0.05, 0.1) is 4.90 Å². The Labute approximate surface area is 150 Å². The maximum absolute atomic E-state index is 12.9. The third kappa shape index (κ3) is 4.23. The Morgan fingerprint density at radius 3 is 2.44 bits per heavy atom. The van der Waals surface area contributed by atoms with Gasteiger partial charge in [0.2, 0.25) is 15.9 Å². The molecule has 3 rings (SSSR count). The number of amides is 1. The molecule has 1 aliphatic heterocycles. The van der Waals surface area contributed by atoms with Crippen molar-refractivity contribution in [1.29, 1.82) is 0 Å². The van der Waals surface area contributed by atoms with Gasteiger partial charge in [-0.25, -0.2) is 8.42 Å². The van der Waals surface area contributed by atoms with Crippen LogP contribution in [0.1, 0.15) is 50.5 Å². The number of hydrogen-bond donors (Lipinski definition) is 1. The van der Waals surface area contributed by atoms with Gasteiger partial charge in [-0.3, -0.25) is 4.79 Å². The molecule has 0 spiro atoms. The Morgan fingerprint density at radius 1 is 1.08 bits per heavy atom. The fourth-order valence-corrected chi connectivity index (χ4v) is 5.55. The molecule has 25 heavy (non-hydrogen) atoms. The van der Waals surface area contributed by atoms with Gasteiger partial charge in [0.25, 0.3) is 0 Å². The van der Waals surface area contributed by atoms with Crippen LogP contribution < -0.4 is 5.32 Å². The number of carbonyl (C=O) groups is 1. The Kier molecular flexibility index (Phi) is 5.79. The third-order valence-electron chi connectivity index (χ3n) is 5.42. The van der Waals surface area contributed by atoms with Crippen LogP contribution >= 0.6 is 0 Å². The van der Waals surface area contributed by atoms with E-state index in [1.807, 2.05) is 6.92 Å². The molecule has 0 unspecified atom stereocenters. The zero-order valence-corrected chi connectivity index (χ0v) is 15.7. The largest absolute Gasteiger partial charge is 0.354 e. The topological polar surface area (TPSA) is 66.5 Å². The summed E-state index contributed by atoms with van der Waals surface area (Å²) in [6, 6.07) is 6.26. The van der Waals surface area contributed by atoms with Gasteiger partial charge in [-0.1, -0.05) is 37.0 Å². The molecule has 0 radical (unpaired) electrons. The zero-order valence-electron chi connectivity index (χ0n) is 14.9. The Balaban J connectivity index is 1.66. The lowest BCUT2D eigenvalue weighted by molar-refractivity contribution is -0.124. The van der Waals surface area contributed by atoms with Gasteiger partial charge < -0.3 is 5.32 Å². The van der Waals surface area contributed by atoms with Crippen molar-refractivity contribution in [3.63, 3.8) is 0 Å². The second-order valence-electron chi connectivity index (χ2n) is 7.34. The molecule has 2 fully saturated rings. The van der Waals surface area contributed by atoms with Gasteiger partial charge in [0, 0.05) is 13.1 Å². The van der Waals surface area contributed by atoms with Crippen molar-refractivity contribution in [2.24, 2.45) is 5.92 Å². The summed E-state index contributed by atoms with van der Waals surface area (Å²) in [5.74, 6) is 0.403. The molecule has 6 heteroatoms. The van der Waals surface area contributed by atoms with E-state index in [0.717, 1.165) is 24.8 Å². The first kappa shape index (κ1) is 18.4. The van der Waals surface area contributed by atoms with E-state index in [4.69, 9.17) is 0 Å². The fraction of sp³-hybridized carbons (Fsp3) is 0.632. The molecule has 5 nitrogen and oxygen atoms in total. The summed E-state index contributed by atoms with van der Waals surface area (Å²) in [4.78, 5) is 12.9. The highest BCUT2D eigenvalue weighted by molar-refractivity contribution is 7.89. The van der Waals surface area contributed by atoms with E-state index in [1.165, 1.54) is 23.6 Å². The van der Waals surface area contributed by atoms with Gasteiger partial charge >= 0.3 is 0 Å². The molecule has 1 aliphatic carbocycles. The molecule has 138 valence electrons. The monoisotopic (exact) mass is 364 g/mol. The second kappa shape index (κ2) is 7.87. The first-order chi connectivity index (χ1) is 12.0. The number of hydrogen-bond acceptors (Lipinski definition) is 3. The normalized spacial score (nSPS) is 22.8. The summed E-state index contributed by atoms with van der Waals surface area (Å²) in [5.41, 5.74) is 1.02. The number of aryl methyl sites for hydroxylation is 1. The van der Waals surface area contributed by atoms with Crippen LogP contribution in [0.15, 0.2) is 29.2 Å². The van der Waals surface area contributed by atoms with Gasteiger partial charge in [-0.15, -0.1) is 0 Å². The lowest BCUT2D eigenvalue weighted by Gasteiger charge is -2.26. The summed E-state index contributed by atoms with van der Waals surface area (Å²) in [5, 5.41) is 3.01. The van der Waals surface area contributed by atoms with Crippen LogP contribution in [0, 0.1) is 12.8 Å². The first-order valence-electron chi connectivity index (χ1n) is 9.35. The number of nitrogens with zero attached hydrogens (tertiary/aromatic N) is 1. The first-order valence-corrected chi connectivity index (χ1v) is 10.8. The van der Waals surface area contributed by atoms with Crippen molar-refractivity contribution >= 4 is 15.9 Å². The minimum absolute atomic E-state index is 0.140. The van der Waals surface area contributed by atoms with Crippen LogP contribution in [-0.4, -0.2) is 37.8 Å². The predicted molar refractivity (Wildman–Crippen MR) is 97.7 cm³/mol. The van der Waals surface area contributed by atoms with Crippen molar-refractivity contribution in [1.82, 2.24) is 9.62 Å². The van der Waals surface area contributed by atoms with E-state index in [1.54, 1.807) is 24.3 Å². The number of benzene rings is 1. The molecule has 1 saturated heterocycles. The highest BCUT2D eigenvalue weighted by Crippen LogP contribution is 2.27. The number of nitrogens with one attached hydrogen (secondary N) is 1. The molecular formula is C19H28N2O3S. The molecule has 2 aliphatic rings. The van der Waals surface area contributed by atoms with Crippen molar-refractivity contribution < 1.29 is 13.2 Å². The van der Waals surface area contributed by atoms with Crippen LogP contribution in [0.2, 0.25) is 0 Å². The molecule has 1 heterocycles. The average Bonchev–Trinajstić information content (AvgIpc) is 3.12. The van der Waals surface area contributed by atoms with Crippen LogP contribution in [0.25, 0.3) is 0 Å². The highest BCUT2D eigenvalue weighted by Gasteiger charge is 2.39. The molecule has 1 N–H and O–H groups in total. The summed E-state index contributed by atoms with van der Waals surface area (Å²) < 4.78 is 27.2. The second-order valence-corrected chi connectivity index (χ2v) is 9.23. The summed E-state index contributed by atoms with van der Waals surface area (Å²) in [6.07, 6.45) is 7.41. The SMILES string of the molecule is Cc1ccc(S(=O)(=O)N2CCC[C@@H]2C(=O)NCC2CCCCC2)cc1. The van der Waals surface area contributed by atoms with E-state index >= 15 is 0 Å². The summed E-state index contributed by atoms with van der Waals surface area (Å²) in [6.45, 7) is 3.01. The van der Waals surface area contributed by atoms with Crippen LogP contribution in [-0.2, 0) is 14.8 Å². The van der Waals surface area contributed by atoms with Crippen LogP contribution in [0.5, 0.6) is 0 Å². The van der Waals surface area contributed by atoms with Crippen molar-refractivity contribution in [3.8, 4) is 0 Å². The zero-order chi connectivity index (χ0) is 17.9. The van der Waals surface area contributed by atoms with E-state index in [9.17, 15) is 13.2 Å². The quantitative estimate of drug-likeness (QED) is 0.874. The van der Waals surface area contributed by atoms with Crippen molar-refractivity contribution in [2.75, 3.05) is 13.1 Å². The maximum Gasteiger partial charge on any atom is 0.243 e. The molecule has 1 aromatic carbocycles. The number of sulfonamides is 1. The van der Waals surface area contributed by atoms with Gasteiger partial charge in [-0.05, 0) is 50.7 Å². The Hall–Kier alpha value is -1.40. The van der Waals surface area contributed by atoms with Gasteiger partial charge in [0.15, 0.2) is 0 Å². The van der Waals surface area contributed by atoms with Gasteiger partial charge in [0.1, 0.15) is 6.04 Å². The molecule has 1 saturated carbocycles. The standard InChI is InChI=1S/C19H28N2O3S/c1-15-9-11-17(12-10-15)25(23,24)21-13-5-8-18(21)19(22)20-14-16-6-3-2-4-7-16/h9-12,16,18H,2-8,13-14H2,1H3,(H,20,22)/t18-/m1/s1. The van der Waals surface area contributed by atoms with Crippen molar-refractivity contribution in [2.45, 2.75) is 62.8 Å². The van der Waals surface area contributed by atoms with Crippen molar-refractivity contribution in [3.05, 3.63) is 29.8 Å². The molecular weight excluding hydrogens is 336 g/mol. The summed E-state index contributed by atoms with van der Waals surface area (Å²) in [7, 11) is -3.62. The Morgan fingerprint density at radius 2 is 1.76 bits per heavy atom. The van der Waals surface area contributed by atoms with E-state index in [-0.39, 0.29) is 10.8 Å². The number of carbonyl (C=O) groups excluding carboxylic acids is 1. The Bertz CT molecular complexity index is 694. The maximum atomic E-state index is 12.9. The molecule has 1 amide bonds. The minimum atomic E-state index is -3.62. The average molecular weight is 365 g/mol. The van der Waals surface area contributed by atoms with Gasteiger partial charge in [-0.2, -0.15) is 4.31 Å².